The highest BCUT2D eigenvalue weighted by Gasteiger charge is 2.33. The number of pyridine rings is 2. The van der Waals surface area contributed by atoms with Gasteiger partial charge in [0.05, 0.1) is 28.6 Å². The van der Waals surface area contributed by atoms with Gasteiger partial charge in [0.25, 0.3) is 5.56 Å². The van der Waals surface area contributed by atoms with Crippen molar-refractivity contribution in [3.05, 3.63) is 93.5 Å². The van der Waals surface area contributed by atoms with Gasteiger partial charge in [-0.2, -0.15) is 9.94 Å². The number of nitrogens with one attached hydrogen (secondary N) is 1. The molecule has 5 aromatic rings. The number of nitriles is 1. The number of aromatic nitrogens is 8. The van der Waals surface area contributed by atoms with Crippen LogP contribution in [0.4, 0.5) is 4.39 Å². The SMILES string of the molecule is C[C@H]1C[C@H](c2ncc(-c3ccnc(C#N)c3)[nH]2)n2c1cc(-c1c(-n3cnnn3)ccc(Cl)c1F)cc2=O. The fourth-order valence-corrected chi connectivity index (χ4v) is 5.00. The number of aromatic amines is 1. The lowest BCUT2D eigenvalue weighted by Gasteiger charge is -2.16. The number of halogens is 2. The quantitative estimate of drug-likeness (QED) is 0.383. The Balaban J connectivity index is 1.44. The molecular weight excluding hydrogens is 497 g/mol. The van der Waals surface area contributed by atoms with Gasteiger partial charge >= 0.3 is 0 Å². The molecule has 1 N–H and O–H groups in total. The van der Waals surface area contributed by atoms with E-state index in [1.165, 1.54) is 23.1 Å². The number of hydrogen-bond acceptors (Lipinski definition) is 7. The van der Waals surface area contributed by atoms with Crippen LogP contribution in [0.15, 0.2) is 59.9 Å². The highest BCUT2D eigenvalue weighted by Crippen LogP contribution is 2.40. The molecule has 1 aliphatic heterocycles. The van der Waals surface area contributed by atoms with Crippen molar-refractivity contribution in [1.82, 2.24) is 39.7 Å². The maximum atomic E-state index is 15.3. The third kappa shape index (κ3) is 3.78. The van der Waals surface area contributed by atoms with Gasteiger partial charge in [-0.1, -0.05) is 18.5 Å². The van der Waals surface area contributed by atoms with E-state index < -0.39 is 5.82 Å². The highest BCUT2D eigenvalue weighted by molar-refractivity contribution is 6.31. The molecule has 4 aromatic heterocycles. The number of H-pyrrole nitrogens is 1. The molecule has 0 saturated heterocycles. The van der Waals surface area contributed by atoms with Crippen LogP contribution in [0.2, 0.25) is 5.02 Å². The molecule has 0 radical (unpaired) electrons. The predicted octanol–water partition coefficient (Wildman–Crippen LogP) is 4.04. The largest absolute Gasteiger partial charge is 0.340 e. The summed E-state index contributed by atoms with van der Waals surface area (Å²) in [5.41, 5.74) is 3.13. The Morgan fingerprint density at radius 1 is 1.19 bits per heavy atom. The normalized spacial score (nSPS) is 16.5. The van der Waals surface area contributed by atoms with Crippen molar-refractivity contribution in [3.63, 3.8) is 0 Å². The molecule has 0 amide bonds. The maximum absolute atomic E-state index is 15.3. The van der Waals surface area contributed by atoms with Crippen LogP contribution < -0.4 is 5.56 Å². The zero-order valence-corrected chi connectivity index (χ0v) is 20.1. The van der Waals surface area contributed by atoms with Crippen molar-refractivity contribution in [2.45, 2.75) is 25.3 Å². The second-order valence-electron chi connectivity index (χ2n) is 8.76. The maximum Gasteiger partial charge on any atom is 0.252 e. The van der Waals surface area contributed by atoms with Crippen molar-refractivity contribution in [3.8, 4) is 34.1 Å². The summed E-state index contributed by atoms with van der Waals surface area (Å²) in [6, 6.07) is 11.4. The number of tetrazole rings is 1. The van der Waals surface area contributed by atoms with Crippen molar-refractivity contribution in [2.24, 2.45) is 0 Å². The van der Waals surface area contributed by atoms with E-state index >= 15 is 4.39 Å². The van der Waals surface area contributed by atoms with Crippen LogP contribution >= 0.6 is 11.6 Å². The molecule has 12 heteroatoms. The van der Waals surface area contributed by atoms with Crippen LogP contribution in [0.5, 0.6) is 0 Å². The second-order valence-corrected chi connectivity index (χ2v) is 9.17. The molecule has 5 heterocycles. The molecule has 2 atom stereocenters. The van der Waals surface area contributed by atoms with Crippen LogP contribution in [0, 0.1) is 17.1 Å². The van der Waals surface area contributed by atoms with E-state index in [-0.39, 0.29) is 28.1 Å². The molecule has 6 rings (SSSR count). The number of benzene rings is 1. The smallest absolute Gasteiger partial charge is 0.252 e. The molecule has 0 fully saturated rings. The first-order valence-electron chi connectivity index (χ1n) is 11.3. The van der Waals surface area contributed by atoms with E-state index in [0.717, 1.165) is 11.3 Å². The summed E-state index contributed by atoms with van der Waals surface area (Å²) in [6.45, 7) is 2.01. The standard InChI is InChI=1S/C25H17ClFN9O/c1-13-6-21(25-30-11-18(32-25)14-4-5-29-16(7-14)10-28)36-20(13)8-15(9-22(36)37)23-19(35-12-31-33-34-35)3-2-17(26)24(23)27/h2-5,7-9,11-13,21H,6H2,1H3,(H,30,32)/t13-,21+/m0/s1. The van der Waals surface area contributed by atoms with E-state index in [9.17, 15) is 4.79 Å². The lowest BCUT2D eigenvalue weighted by atomic mass is 9.99. The first kappa shape index (κ1) is 22.8. The Labute approximate surface area is 214 Å². The fourth-order valence-electron chi connectivity index (χ4n) is 4.84. The number of rotatable bonds is 4. The van der Waals surface area contributed by atoms with Crippen LogP contribution in [-0.4, -0.2) is 39.7 Å². The number of nitrogens with zero attached hydrogens (tertiary/aromatic N) is 8. The summed E-state index contributed by atoms with van der Waals surface area (Å²) < 4.78 is 18.3. The van der Waals surface area contributed by atoms with Gasteiger partial charge in [-0.25, -0.2) is 14.4 Å². The second kappa shape index (κ2) is 8.76. The molecule has 0 unspecified atom stereocenters. The molecule has 10 nitrogen and oxygen atoms in total. The third-order valence-corrected chi connectivity index (χ3v) is 6.84. The topological polar surface area (TPSA) is 131 Å². The summed E-state index contributed by atoms with van der Waals surface area (Å²) in [4.78, 5) is 25.3. The van der Waals surface area contributed by atoms with E-state index in [4.69, 9.17) is 16.9 Å². The van der Waals surface area contributed by atoms with Gasteiger partial charge in [0, 0.05) is 29.1 Å². The average molecular weight is 514 g/mol. The van der Waals surface area contributed by atoms with Gasteiger partial charge in [-0.05, 0) is 58.7 Å². The number of hydrogen-bond donors (Lipinski definition) is 1. The van der Waals surface area contributed by atoms with Crippen LogP contribution in [0.3, 0.4) is 0 Å². The van der Waals surface area contributed by atoms with E-state index in [1.807, 2.05) is 13.0 Å². The van der Waals surface area contributed by atoms with Gasteiger partial charge in [0.2, 0.25) is 0 Å². The Morgan fingerprint density at radius 2 is 2.05 bits per heavy atom. The van der Waals surface area contributed by atoms with Crippen LogP contribution in [-0.2, 0) is 0 Å². The van der Waals surface area contributed by atoms with Crippen molar-refractivity contribution in [1.29, 1.82) is 5.26 Å². The number of imidazole rings is 1. The molecule has 0 saturated carbocycles. The van der Waals surface area contributed by atoms with E-state index in [1.54, 1.807) is 41.2 Å². The first-order chi connectivity index (χ1) is 17.9. The Kier molecular flexibility index (Phi) is 5.39. The van der Waals surface area contributed by atoms with Crippen LogP contribution in [0.25, 0.3) is 28.1 Å². The van der Waals surface area contributed by atoms with Gasteiger partial charge in [-0.3, -0.25) is 4.79 Å². The van der Waals surface area contributed by atoms with Crippen molar-refractivity contribution >= 4 is 11.6 Å². The highest BCUT2D eigenvalue weighted by atomic mass is 35.5. The summed E-state index contributed by atoms with van der Waals surface area (Å²) in [6.07, 6.45) is 5.21. The first-order valence-corrected chi connectivity index (χ1v) is 11.7. The van der Waals surface area contributed by atoms with Gasteiger partial charge in [0.15, 0.2) is 5.82 Å². The Bertz CT molecular complexity index is 1750. The number of fused-ring (bicyclic) bond motifs is 1. The monoisotopic (exact) mass is 513 g/mol. The summed E-state index contributed by atoms with van der Waals surface area (Å²) in [5.74, 6) is -0.0453. The molecular formula is C25H17ClFN9O. The van der Waals surface area contributed by atoms with Gasteiger partial charge in [-0.15, -0.1) is 5.10 Å². The predicted molar refractivity (Wildman–Crippen MR) is 132 cm³/mol. The zero-order chi connectivity index (χ0) is 25.7. The molecule has 0 spiro atoms. The molecule has 0 aliphatic carbocycles. The van der Waals surface area contributed by atoms with Gasteiger partial charge < -0.3 is 9.55 Å². The minimum absolute atomic E-state index is 0.00366. The minimum atomic E-state index is -0.661. The molecule has 1 aromatic carbocycles. The summed E-state index contributed by atoms with van der Waals surface area (Å²) >= 11 is 6.10. The van der Waals surface area contributed by atoms with Crippen molar-refractivity contribution in [2.75, 3.05) is 0 Å². The lowest BCUT2D eigenvalue weighted by Crippen LogP contribution is -2.24. The minimum Gasteiger partial charge on any atom is -0.340 e. The molecule has 0 bridgehead atoms. The molecule has 182 valence electrons. The molecule has 1 aliphatic rings. The summed E-state index contributed by atoms with van der Waals surface area (Å²) in [5, 5.41) is 20.2. The van der Waals surface area contributed by atoms with E-state index in [2.05, 4.69) is 30.5 Å². The average Bonchev–Trinajstić information content (AvgIpc) is 3.66. The Morgan fingerprint density at radius 3 is 2.84 bits per heavy atom. The van der Waals surface area contributed by atoms with Crippen molar-refractivity contribution < 1.29 is 4.39 Å². The summed E-state index contributed by atoms with van der Waals surface area (Å²) in [7, 11) is 0. The van der Waals surface area contributed by atoms with E-state index in [0.29, 0.717) is 34.9 Å². The zero-order valence-electron chi connectivity index (χ0n) is 19.3. The fraction of sp³-hybridized carbons (Fsp3) is 0.160. The van der Waals surface area contributed by atoms with Crippen LogP contribution in [0.1, 0.15) is 42.5 Å². The third-order valence-electron chi connectivity index (χ3n) is 6.55. The van der Waals surface area contributed by atoms with Gasteiger partial charge in [0.1, 0.15) is 23.9 Å². The molecule has 37 heavy (non-hydrogen) atoms. The lowest BCUT2D eigenvalue weighted by molar-refractivity contribution is 0.557. The Hall–Kier alpha value is -4.69.